The van der Waals surface area contributed by atoms with Gasteiger partial charge in [0, 0.05) is 6.04 Å². The summed E-state index contributed by atoms with van der Waals surface area (Å²) in [6.45, 7) is 7.87. The first kappa shape index (κ1) is 16.9. The molecule has 1 atom stereocenters. The fourth-order valence-corrected chi connectivity index (χ4v) is 4.84. The Morgan fingerprint density at radius 2 is 1.95 bits per heavy atom. The van der Waals surface area contributed by atoms with Crippen molar-refractivity contribution in [2.45, 2.75) is 57.2 Å². The first-order valence-corrected chi connectivity index (χ1v) is 9.05. The van der Waals surface area contributed by atoms with E-state index in [0.29, 0.717) is 11.6 Å². The third kappa shape index (κ3) is 5.38. The van der Waals surface area contributed by atoms with Gasteiger partial charge in [-0.2, -0.15) is 0 Å². The van der Waals surface area contributed by atoms with Gasteiger partial charge in [-0.1, -0.05) is 49.6 Å². The van der Waals surface area contributed by atoms with Crippen LogP contribution in [0.3, 0.4) is 0 Å². The van der Waals surface area contributed by atoms with Gasteiger partial charge >= 0.3 is 0 Å². The fourth-order valence-electron chi connectivity index (χ4n) is 1.81. The standard InChI is InChI=1S/C12H21ClN2O2S2/c1-8(2)6-5-7-9(3)15-19(16,17)11-10(4)14-12(13)18-11/h8-9,15H,5-7H2,1-4H3. The number of halogens is 1. The van der Waals surface area contributed by atoms with Crippen LogP contribution in [0, 0.1) is 12.8 Å². The molecule has 110 valence electrons. The van der Waals surface area contributed by atoms with Crippen LogP contribution in [0.5, 0.6) is 0 Å². The normalized spacial score (nSPS) is 14.0. The second kappa shape index (κ2) is 7.02. The molecule has 1 aromatic heterocycles. The number of thiazole rings is 1. The highest BCUT2D eigenvalue weighted by atomic mass is 35.5. The minimum Gasteiger partial charge on any atom is -0.229 e. The minimum absolute atomic E-state index is 0.0796. The molecule has 4 nitrogen and oxygen atoms in total. The van der Waals surface area contributed by atoms with Crippen molar-refractivity contribution < 1.29 is 8.42 Å². The molecular weight excluding hydrogens is 304 g/mol. The Labute approximate surface area is 124 Å². The molecule has 1 aromatic rings. The lowest BCUT2D eigenvalue weighted by Gasteiger charge is -2.14. The highest BCUT2D eigenvalue weighted by Gasteiger charge is 2.23. The van der Waals surface area contributed by atoms with Gasteiger partial charge in [-0.15, -0.1) is 0 Å². The lowest BCUT2D eigenvalue weighted by molar-refractivity contribution is 0.488. The molecule has 1 N–H and O–H groups in total. The molecule has 0 saturated heterocycles. The Balaban J connectivity index is 2.62. The van der Waals surface area contributed by atoms with E-state index in [1.807, 2.05) is 6.92 Å². The number of rotatable bonds is 7. The largest absolute Gasteiger partial charge is 0.252 e. The summed E-state index contributed by atoms with van der Waals surface area (Å²) < 4.78 is 27.5. The van der Waals surface area contributed by atoms with E-state index in [9.17, 15) is 8.42 Å². The molecule has 0 amide bonds. The van der Waals surface area contributed by atoms with Gasteiger partial charge in [-0.25, -0.2) is 18.1 Å². The first-order chi connectivity index (χ1) is 8.72. The van der Waals surface area contributed by atoms with Crippen LogP contribution in [-0.4, -0.2) is 19.4 Å². The molecular formula is C12H21ClN2O2S2. The maximum absolute atomic E-state index is 12.2. The molecule has 0 radical (unpaired) electrons. The van der Waals surface area contributed by atoms with Crippen molar-refractivity contribution in [1.29, 1.82) is 0 Å². The second-order valence-corrected chi connectivity index (χ2v) is 8.68. The SMILES string of the molecule is Cc1nc(Cl)sc1S(=O)(=O)NC(C)CCCC(C)C. The fraction of sp³-hybridized carbons (Fsp3) is 0.750. The van der Waals surface area contributed by atoms with E-state index in [0.717, 1.165) is 30.6 Å². The highest BCUT2D eigenvalue weighted by Crippen LogP contribution is 2.26. The highest BCUT2D eigenvalue weighted by molar-refractivity contribution is 7.91. The van der Waals surface area contributed by atoms with Crippen molar-refractivity contribution in [1.82, 2.24) is 9.71 Å². The Hall–Kier alpha value is -0.170. The van der Waals surface area contributed by atoms with Crippen LogP contribution in [0.1, 0.15) is 45.7 Å². The molecule has 0 aromatic carbocycles. The van der Waals surface area contributed by atoms with Gasteiger partial charge in [0.1, 0.15) is 0 Å². The van der Waals surface area contributed by atoms with E-state index in [4.69, 9.17) is 11.6 Å². The Bertz CT molecular complexity index is 512. The summed E-state index contributed by atoms with van der Waals surface area (Å²) in [6, 6.07) is -0.0796. The van der Waals surface area contributed by atoms with Gasteiger partial charge in [0.15, 0.2) is 8.68 Å². The monoisotopic (exact) mass is 324 g/mol. The zero-order valence-corrected chi connectivity index (χ0v) is 14.1. The second-order valence-electron chi connectivity index (χ2n) is 5.19. The summed E-state index contributed by atoms with van der Waals surface area (Å²) in [4.78, 5) is 3.93. The van der Waals surface area contributed by atoms with Crippen LogP contribution in [0.25, 0.3) is 0 Å². The Morgan fingerprint density at radius 1 is 1.32 bits per heavy atom. The number of hydrogen-bond donors (Lipinski definition) is 1. The van der Waals surface area contributed by atoms with Crippen LogP contribution in [0.2, 0.25) is 4.47 Å². The molecule has 0 spiro atoms. The smallest absolute Gasteiger partial charge is 0.229 e. The quantitative estimate of drug-likeness (QED) is 0.833. The summed E-state index contributed by atoms with van der Waals surface area (Å²) in [7, 11) is -3.50. The van der Waals surface area contributed by atoms with E-state index in [1.165, 1.54) is 0 Å². The van der Waals surface area contributed by atoms with Gasteiger partial charge in [-0.3, -0.25) is 0 Å². The third-order valence-corrected chi connectivity index (χ3v) is 6.21. The molecule has 1 rings (SSSR count). The number of aromatic nitrogens is 1. The maximum Gasteiger partial charge on any atom is 0.252 e. The summed E-state index contributed by atoms with van der Waals surface area (Å²) in [5.74, 6) is 0.645. The maximum atomic E-state index is 12.2. The van der Waals surface area contributed by atoms with Crippen molar-refractivity contribution in [3.63, 3.8) is 0 Å². The molecule has 0 aliphatic carbocycles. The molecule has 1 unspecified atom stereocenters. The molecule has 0 aliphatic rings. The van der Waals surface area contributed by atoms with E-state index >= 15 is 0 Å². The summed E-state index contributed by atoms with van der Waals surface area (Å²) in [5.41, 5.74) is 0.455. The van der Waals surface area contributed by atoms with Gasteiger partial charge in [0.05, 0.1) is 5.69 Å². The van der Waals surface area contributed by atoms with Crippen molar-refractivity contribution in [2.75, 3.05) is 0 Å². The molecule has 19 heavy (non-hydrogen) atoms. The molecule has 0 saturated carbocycles. The molecule has 0 bridgehead atoms. The van der Waals surface area contributed by atoms with E-state index in [1.54, 1.807) is 6.92 Å². The van der Waals surface area contributed by atoms with E-state index in [2.05, 4.69) is 23.6 Å². The number of sulfonamides is 1. The molecule has 1 heterocycles. The number of nitrogens with one attached hydrogen (secondary N) is 1. The van der Waals surface area contributed by atoms with Gasteiger partial charge in [0.25, 0.3) is 10.0 Å². The Morgan fingerprint density at radius 3 is 2.42 bits per heavy atom. The van der Waals surface area contributed by atoms with Crippen LogP contribution in [0.15, 0.2) is 4.21 Å². The topological polar surface area (TPSA) is 59.1 Å². The summed E-state index contributed by atoms with van der Waals surface area (Å²) >= 11 is 6.74. The third-order valence-electron chi connectivity index (χ3n) is 2.75. The van der Waals surface area contributed by atoms with Gasteiger partial charge in [0.2, 0.25) is 0 Å². The number of nitrogens with zero attached hydrogens (tertiary/aromatic N) is 1. The van der Waals surface area contributed by atoms with Crippen LogP contribution in [-0.2, 0) is 10.0 Å². The van der Waals surface area contributed by atoms with Crippen molar-refractivity contribution in [2.24, 2.45) is 5.92 Å². The lowest BCUT2D eigenvalue weighted by Crippen LogP contribution is -2.32. The molecule has 7 heteroatoms. The first-order valence-electron chi connectivity index (χ1n) is 6.37. The zero-order valence-electron chi connectivity index (χ0n) is 11.7. The summed E-state index contributed by atoms with van der Waals surface area (Å²) in [5, 5.41) is 0. The van der Waals surface area contributed by atoms with Crippen LogP contribution >= 0.6 is 22.9 Å². The minimum atomic E-state index is -3.50. The van der Waals surface area contributed by atoms with Crippen LogP contribution < -0.4 is 4.72 Å². The van der Waals surface area contributed by atoms with Crippen molar-refractivity contribution in [3.8, 4) is 0 Å². The predicted octanol–water partition coefficient (Wildman–Crippen LogP) is 3.60. The van der Waals surface area contributed by atoms with E-state index in [-0.39, 0.29) is 14.7 Å². The lowest BCUT2D eigenvalue weighted by atomic mass is 10.0. The number of aryl methyl sites for hydroxylation is 1. The predicted molar refractivity (Wildman–Crippen MR) is 80.3 cm³/mol. The van der Waals surface area contributed by atoms with Gasteiger partial charge < -0.3 is 0 Å². The molecule has 0 aliphatic heterocycles. The summed E-state index contributed by atoms with van der Waals surface area (Å²) in [6.07, 6.45) is 2.96. The molecule has 0 fully saturated rings. The Kier molecular flexibility index (Phi) is 6.23. The average Bonchev–Trinajstić information content (AvgIpc) is 2.57. The van der Waals surface area contributed by atoms with E-state index < -0.39 is 10.0 Å². The van der Waals surface area contributed by atoms with Crippen LogP contribution in [0.4, 0.5) is 0 Å². The van der Waals surface area contributed by atoms with Crippen molar-refractivity contribution in [3.05, 3.63) is 10.2 Å². The average molecular weight is 325 g/mol. The van der Waals surface area contributed by atoms with Gasteiger partial charge in [-0.05, 0) is 26.2 Å². The zero-order chi connectivity index (χ0) is 14.6. The van der Waals surface area contributed by atoms with Crippen molar-refractivity contribution >= 4 is 33.0 Å². The number of hydrogen-bond acceptors (Lipinski definition) is 4.